The number of hydrogen-bond acceptors (Lipinski definition) is 6. The molecule has 2 fully saturated rings. The molecule has 6 nitrogen and oxygen atoms in total. The van der Waals surface area contributed by atoms with E-state index in [1.807, 2.05) is 0 Å². The Morgan fingerprint density at radius 3 is 2.88 bits per heavy atom. The van der Waals surface area contributed by atoms with E-state index < -0.39 is 0 Å². The molecule has 1 aliphatic carbocycles. The summed E-state index contributed by atoms with van der Waals surface area (Å²) in [6.07, 6.45) is 8.98. The van der Waals surface area contributed by atoms with Gasteiger partial charge in [-0.2, -0.15) is 0 Å². The summed E-state index contributed by atoms with van der Waals surface area (Å²) in [7, 11) is 4.40. The van der Waals surface area contributed by atoms with Gasteiger partial charge in [0, 0.05) is 37.8 Å². The number of aliphatic hydroxyl groups is 1. The number of nitrogens with one attached hydrogen (secondary N) is 1. The Morgan fingerprint density at radius 2 is 2.15 bits per heavy atom. The van der Waals surface area contributed by atoms with E-state index in [4.69, 9.17) is 0 Å². The quantitative estimate of drug-likeness (QED) is 0.812. The van der Waals surface area contributed by atoms with Crippen molar-refractivity contribution in [3.8, 4) is 0 Å². The number of piperidine rings is 1. The molecule has 3 atom stereocenters. The second-order valence-electron chi connectivity index (χ2n) is 8.57. The van der Waals surface area contributed by atoms with Gasteiger partial charge < -0.3 is 20.2 Å². The largest absolute Gasteiger partial charge is 0.396 e. The Bertz CT molecular complexity index is 581. The van der Waals surface area contributed by atoms with Gasteiger partial charge in [-0.15, -0.1) is 0 Å². The first-order valence-electron chi connectivity index (χ1n) is 10.1. The Balaban J connectivity index is 1.66. The maximum atomic E-state index is 9.46. The summed E-state index contributed by atoms with van der Waals surface area (Å²) in [6.45, 7) is 5.43. The van der Waals surface area contributed by atoms with E-state index in [9.17, 15) is 5.11 Å². The molecule has 3 rings (SSSR count). The fourth-order valence-electron chi connectivity index (χ4n) is 4.65. The average Bonchev–Trinajstić information content (AvgIpc) is 2.66. The van der Waals surface area contributed by atoms with Crippen molar-refractivity contribution in [2.45, 2.75) is 51.0 Å². The first kappa shape index (κ1) is 19.4. The Labute approximate surface area is 158 Å². The second-order valence-corrected chi connectivity index (χ2v) is 8.57. The summed E-state index contributed by atoms with van der Waals surface area (Å²) in [4.78, 5) is 13.6. The van der Waals surface area contributed by atoms with Gasteiger partial charge in [-0.25, -0.2) is 9.97 Å². The molecule has 0 spiro atoms. The van der Waals surface area contributed by atoms with Gasteiger partial charge in [-0.3, -0.25) is 0 Å². The highest BCUT2D eigenvalue weighted by molar-refractivity contribution is 5.49. The molecule has 1 saturated heterocycles. The minimum Gasteiger partial charge on any atom is -0.396 e. The van der Waals surface area contributed by atoms with Crippen LogP contribution in [0.25, 0.3) is 0 Å². The number of rotatable bonds is 6. The normalized spacial score (nSPS) is 29.8. The van der Waals surface area contributed by atoms with Gasteiger partial charge in [0.2, 0.25) is 0 Å². The lowest BCUT2D eigenvalue weighted by atomic mass is 9.75. The van der Waals surface area contributed by atoms with Crippen molar-refractivity contribution >= 4 is 11.6 Å². The fourth-order valence-corrected chi connectivity index (χ4v) is 4.65. The minimum atomic E-state index is 0.204. The van der Waals surface area contributed by atoms with E-state index in [0.717, 1.165) is 50.0 Å². The van der Waals surface area contributed by atoms with Crippen LogP contribution in [0.2, 0.25) is 0 Å². The van der Waals surface area contributed by atoms with Crippen LogP contribution in [-0.4, -0.2) is 65.8 Å². The number of anilines is 2. The van der Waals surface area contributed by atoms with Gasteiger partial charge in [-0.1, -0.05) is 19.8 Å². The van der Waals surface area contributed by atoms with Crippen LogP contribution in [0, 0.1) is 11.8 Å². The molecule has 1 aromatic rings. The van der Waals surface area contributed by atoms with Crippen molar-refractivity contribution in [3.05, 3.63) is 12.4 Å². The van der Waals surface area contributed by atoms with Gasteiger partial charge in [0.05, 0.1) is 0 Å². The zero-order valence-corrected chi connectivity index (χ0v) is 16.6. The van der Waals surface area contributed by atoms with Gasteiger partial charge in [0.1, 0.15) is 18.0 Å². The maximum Gasteiger partial charge on any atom is 0.134 e. The molecule has 2 aliphatic rings. The Kier molecular flexibility index (Phi) is 6.35. The highest BCUT2D eigenvalue weighted by Crippen LogP contribution is 2.36. The van der Waals surface area contributed by atoms with Crippen LogP contribution < -0.4 is 10.2 Å². The van der Waals surface area contributed by atoms with Crippen LogP contribution in [0.1, 0.15) is 45.4 Å². The standard InChI is InChI=1S/C20H35N5O/c1-16-6-4-8-20(11-16,24(2)3)14-21-18-10-19(23-15-22-18)25-9-5-7-17(12-25)13-26/h10,15-17,26H,4-9,11-14H2,1-3H3,(H,21,22,23). The molecule has 3 unspecified atom stereocenters. The first-order valence-corrected chi connectivity index (χ1v) is 10.1. The molecule has 26 heavy (non-hydrogen) atoms. The molecule has 1 aliphatic heterocycles. The lowest BCUT2D eigenvalue weighted by Crippen LogP contribution is -2.52. The first-order chi connectivity index (χ1) is 12.5. The molecule has 0 aromatic carbocycles. The topological polar surface area (TPSA) is 64.5 Å². The SMILES string of the molecule is CC1CCCC(CNc2cc(N3CCCC(CO)C3)ncn2)(N(C)C)C1. The average molecular weight is 362 g/mol. The van der Waals surface area contributed by atoms with E-state index in [-0.39, 0.29) is 12.1 Å². The highest BCUT2D eigenvalue weighted by atomic mass is 16.3. The van der Waals surface area contributed by atoms with Crippen molar-refractivity contribution < 1.29 is 5.11 Å². The Hall–Kier alpha value is -1.40. The molecule has 0 bridgehead atoms. The molecular formula is C20H35N5O. The number of aromatic nitrogens is 2. The van der Waals surface area contributed by atoms with Crippen LogP contribution >= 0.6 is 0 Å². The third-order valence-electron chi connectivity index (χ3n) is 6.37. The van der Waals surface area contributed by atoms with E-state index >= 15 is 0 Å². The molecule has 0 radical (unpaired) electrons. The lowest BCUT2D eigenvalue weighted by Gasteiger charge is -2.45. The molecule has 6 heteroatoms. The van der Waals surface area contributed by atoms with Crippen LogP contribution in [0.5, 0.6) is 0 Å². The van der Waals surface area contributed by atoms with Crippen molar-refractivity contribution in [1.82, 2.24) is 14.9 Å². The van der Waals surface area contributed by atoms with Crippen molar-refractivity contribution in [1.29, 1.82) is 0 Å². The highest BCUT2D eigenvalue weighted by Gasteiger charge is 2.36. The predicted octanol–water partition coefficient (Wildman–Crippen LogP) is 2.61. The lowest BCUT2D eigenvalue weighted by molar-refractivity contribution is 0.0881. The number of nitrogens with zero attached hydrogens (tertiary/aromatic N) is 4. The van der Waals surface area contributed by atoms with Crippen molar-refractivity contribution in [2.75, 3.05) is 50.6 Å². The third kappa shape index (κ3) is 4.46. The van der Waals surface area contributed by atoms with Crippen molar-refractivity contribution in [2.24, 2.45) is 11.8 Å². The van der Waals surface area contributed by atoms with E-state index in [1.54, 1.807) is 6.33 Å². The third-order valence-corrected chi connectivity index (χ3v) is 6.37. The maximum absolute atomic E-state index is 9.46. The second kappa shape index (κ2) is 8.53. The summed E-state index contributed by atoms with van der Waals surface area (Å²) in [5, 5.41) is 13.1. The smallest absolute Gasteiger partial charge is 0.134 e. The van der Waals surface area contributed by atoms with Gasteiger partial charge in [-0.05, 0) is 51.6 Å². The number of likely N-dealkylation sites (N-methyl/N-ethyl adjacent to an activating group) is 1. The Morgan fingerprint density at radius 1 is 1.31 bits per heavy atom. The zero-order valence-electron chi connectivity index (χ0n) is 16.6. The van der Waals surface area contributed by atoms with Gasteiger partial charge in [0.15, 0.2) is 0 Å². The van der Waals surface area contributed by atoms with Crippen LogP contribution in [0.4, 0.5) is 11.6 Å². The number of aliphatic hydroxyl groups excluding tert-OH is 1. The van der Waals surface area contributed by atoms with Crippen molar-refractivity contribution in [3.63, 3.8) is 0 Å². The zero-order chi connectivity index (χ0) is 18.6. The summed E-state index contributed by atoms with van der Waals surface area (Å²) < 4.78 is 0. The van der Waals surface area contributed by atoms with Gasteiger partial charge in [0.25, 0.3) is 0 Å². The molecule has 2 heterocycles. The van der Waals surface area contributed by atoms with Crippen LogP contribution in [0.3, 0.4) is 0 Å². The molecule has 1 saturated carbocycles. The summed E-state index contributed by atoms with van der Waals surface area (Å²) >= 11 is 0. The summed E-state index contributed by atoms with van der Waals surface area (Å²) in [5.41, 5.74) is 0.204. The monoisotopic (exact) mass is 361 g/mol. The molecule has 2 N–H and O–H groups in total. The van der Waals surface area contributed by atoms with E-state index in [2.05, 4.69) is 52.2 Å². The fraction of sp³-hybridized carbons (Fsp3) is 0.800. The van der Waals surface area contributed by atoms with Gasteiger partial charge >= 0.3 is 0 Å². The van der Waals surface area contributed by atoms with E-state index in [0.29, 0.717) is 5.92 Å². The predicted molar refractivity (Wildman–Crippen MR) is 107 cm³/mol. The molecule has 0 amide bonds. The summed E-state index contributed by atoms with van der Waals surface area (Å²) in [5.74, 6) is 3.01. The summed E-state index contributed by atoms with van der Waals surface area (Å²) in [6, 6.07) is 2.06. The number of hydrogen-bond donors (Lipinski definition) is 2. The van der Waals surface area contributed by atoms with E-state index in [1.165, 1.54) is 25.7 Å². The minimum absolute atomic E-state index is 0.204. The molecule has 146 valence electrons. The van der Waals surface area contributed by atoms with Crippen LogP contribution in [-0.2, 0) is 0 Å². The molecule has 1 aromatic heterocycles. The molecular weight excluding hydrogens is 326 g/mol. The van der Waals surface area contributed by atoms with Crippen LogP contribution in [0.15, 0.2) is 12.4 Å².